The van der Waals surface area contributed by atoms with Crippen molar-refractivity contribution in [2.75, 3.05) is 39.3 Å². The Hall–Kier alpha value is -0.880. The fraction of sp³-hybridized carbons (Fsp3) is 0.733. The summed E-state index contributed by atoms with van der Waals surface area (Å²) in [5.74, 6) is 0.992. The Kier molecular flexibility index (Phi) is 4.73. The maximum absolute atomic E-state index is 10.3. The topological polar surface area (TPSA) is 51.9 Å². The van der Waals surface area contributed by atoms with Crippen LogP contribution in [0.25, 0.3) is 0 Å². The molecule has 2 fully saturated rings. The minimum atomic E-state index is -0.274. The number of furan rings is 1. The molecular formula is C15H25N3O2. The molecule has 112 valence electrons. The molecule has 2 N–H and O–H groups in total. The Morgan fingerprint density at radius 1 is 1.40 bits per heavy atom. The van der Waals surface area contributed by atoms with Crippen LogP contribution >= 0.6 is 0 Å². The van der Waals surface area contributed by atoms with Gasteiger partial charge in [0.25, 0.3) is 0 Å². The number of aliphatic hydroxyl groups excluding tert-OH is 1. The molecule has 0 bridgehead atoms. The van der Waals surface area contributed by atoms with Gasteiger partial charge in [-0.1, -0.05) is 0 Å². The lowest BCUT2D eigenvalue weighted by molar-refractivity contribution is 0.0618. The summed E-state index contributed by atoms with van der Waals surface area (Å²) < 4.78 is 5.43. The molecule has 1 aliphatic heterocycles. The fourth-order valence-electron chi connectivity index (χ4n) is 2.91. The molecule has 0 spiro atoms. The van der Waals surface area contributed by atoms with E-state index in [1.165, 1.54) is 12.8 Å². The van der Waals surface area contributed by atoms with Crippen molar-refractivity contribution in [3.63, 3.8) is 0 Å². The standard InChI is InChI=1S/C15H25N3O2/c19-14(10-17-7-5-16-6-8-17)11-18(13-3-4-13)12-15-2-1-9-20-15/h1-2,9,13-14,16,19H,3-8,10-12H2. The summed E-state index contributed by atoms with van der Waals surface area (Å²) in [7, 11) is 0. The van der Waals surface area contributed by atoms with E-state index in [-0.39, 0.29) is 6.10 Å². The van der Waals surface area contributed by atoms with Gasteiger partial charge < -0.3 is 14.8 Å². The summed E-state index contributed by atoms with van der Waals surface area (Å²) in [6, 6.07) is 4.58. The van der Waals surface area contributed by atoms with Crippen LogP contribution in [0.1, 0.15) is 18.6 Å². The van der Waals surface area contributed by atoms with Gasteiger partial charge in [-0.2, -0.15) is 0 Å². The van der Waals surface area contributed by atoms with E-state index in [1.807, 2.05) is 12.1 Å². The molecule has 2 aliphatic rings. The normalized spacial score (nSPS) is 22.3. The zero-order valence-electron chi connectivity index (χ0n) is 12.0. The van der Waals surface area contributed by atoms with E-state index < -0.39 is 0 Å². The van der Waals surface area contributed by atoms with E-state index in [4.69, 9.17) is 4.42 Å². The summed E-state index contributed by atoms with van der Waals surface area (Å²) >= 11 is 0. The lowest BCUT2D eigenvalue weighted by Crippen LogP contribution is -2.48. The molecule has 1 aromatic rings. The molecule has 1 saturated carbocycles. The molecule has 0 amide bonds. The predicted molar refractivity (Wildman–Crippen MR) is 77.5 cm³/mol. The first-order chi connectivity index (χ1) is 9.81. The van der Waals surface area contributed by atoms with Gasteiger partial charge in [-0.25, -0.2) is 0 Å². The van der Waals surface area contributed by atoms with Crippen molar-refractivity contribution in [3.05, 3.63) is 24.2 Å². The summed E-state index contributed by atoms with van der Waals surface area (Å²) in [5, 5.41) is 13.7. The smallest absolute Gasteiger partial charge is 0.117 e. The highest BCUT2D eigenvalue weighted by molar-refractivity contribution is 5.00. The van der Waals surface area contributed by atoms with Crippen LogP contribution in [0.4, 0.5) is 0 Å². The SMILES string of the molecule is OC(CN1CCNCC1)CN(Cc1ccco1)C1CC1. The van der Waals surface area contributed by atoms with Gasteiger partial charge in [0.2, 0.25) is 0 Å². The number of hydrogen-bond acceptors (Lipinski definition) is 5. The van der Waals surface area contributed by atoms with Gasteiger partial charge in [0.15, 0.2) is 0 Å². The molecule has 5 nitrogen and oxygen atoms in total. The van der Waals surface area contributed by atoms with E-state index in [2.05, 4.69) is 15.1 Å². The lowest BCUT2D eigenvalue weighted by atomic mass is 10.2. The summed E-state index contributed by atoms with van der Waals surface area (Å²) in [6.45, 7) is 6.49. The Balaban J connectivity index is 1.47. The van der Waals surface area contributed by atoms with E-state index in [0.717, 1.165) is 51.6 Å². The number of piperazine rings is 1. The zero-order valence-corrected chi connectivity index (χ0v) is 12.0. The second kappa shape index (κ2) is 6.72. The van der Waals surface area contributed by atoms with Gasteiger partial charge in [0.1, 0.15) is 5.76 Å². The highest BCUT2D eigenvalue weighted by Crippen LogP contribution is 2.28. The Labute approximate surface area is 120 Å². The number of rotatable bonds is 7. The zero-order chi connectivity index (χ0) is 13.8. The van der Waals surface area contributed by atoms with Gasteiger partial charge in [-0.15, -0.1) is 0 Å². The third kappa shape index (κ3) is 4.06. The molecule has 1 aliphatic carbocycles. The van der Waals surface area contributed by atoms with Gasteiger partial charge >= 0.3 is 0 Å². The van der Waals surface area contributed by atoms with E-state index >= 15 is 0 Å². The average molecular weight is 279 g/mol. The molecular weight excluding hydrogens is 254 g/mol. The van der Waals surface area contributed by atoms with E-state index in [1.54, 1.807) is 6.26 Å². The maximum atomic E-state index is 10.3. The molecule has 2 heterocycles. The first-order valence-corrected chi connectivity index (χ1v) is 7.69. The van der Waals surface area contributed by atoms with Crippen LogP contribution in [0.3, 0.4) is 0 Å². The molecule has 1 saturated heterocycles. The molecule has 1 unspecified atom stereocenters. The highest BCUT2D eigenvalue weighted by Gasteiger charge is 2.31. The minimum Gasteiger partial charge on any atom is -0.468 e. The average Bonchev–Trinajstić information content (AvgIpc) is 3.18. The van der Waals surface area contributed by atoms with Crippen LogP contribution in [-0.2, 0) is 6.54 Å². The van der Waals surface area contributed by atoms with Crippen molar-refractivity contribution in [2.45, 2.75) is 31.5 Å². The lowest BCUT2D eigenvalue weighted by Gasteiger charge is -2.31. The minimum absolute atomic E-state index is 0.274. The van der Waals surface area contributed by atoms with Gasteiger partial charge in [-0.3, -0.25) is 9.80 Å². The van der Waals surface area contributed by atoms with Crippen molar-refractivity contribution in [1.29, 1.82) is 0 Å². The Bertz CT molecular complexity index is 386. The van der Waals surface area contributed by atoms with E-state index in [9.17, 15) is 5.11 Å². The van der Waals surface area contributed by atoms with Crippen molar-refractivity contribution < 1.29 is 9.52 Å². The largest absolute Gasteiger partial charge is 0.468 e. The van der Waals surface area contributed by atoms with Crippen LogP contribution in [0.15, 0.2) is 22.8 Å². The molecule has 0 radical (unpaired) electrons. The van der Waals surface area contributed by atoms with Crippen LogP contribution < -0.4 is 5.32 Å². The summed E-state index contributed by atoms with van der Waals surface area (Å²) in [6.07, 6.45) is 3.95. The van der Waals surface area contributed by atoms with Gasteiger partial charge in [0.05, 0.1) is 18.9 Å². The first-order valence-electron chi connectivity index (χ1n) is 7.69. The molecule has 20 heavy (non-hydrogen) atoms. The number of β-amino-alcohol motifs (C(OH)–C–C–N with tert-alkyl or cyclic N) is 1. The molecule has 3 rings (SSSR count). The number of nitrogens with zero attached hydrogens (tertiary/aromatic N) is 2. The molecule has 1 aromatic heterocycles. The highest BCUT2D eigenvalue weighted by atomic mass is 16.3. The van der Waals surface area contributed by atoms with Crippen LogP contribution in [0.2, 0.25) is 0 Å². The van der Waals surface area contributed by atoms with Crippen molar-refractivity contribution >= 4 is 0 Å². The Morgan fingerprint density at radius 3 is 2.85 bits per heavy atom. The third-order valence-electron chi connectivity index (χ3n) is 4.13. The maximum Gasteiger partial charge on any atom is 0.117 e. The molecule has 5 heteroatoms. The first kappa shape index (κ1) is 14.1. The van der Waals surface area contributed by atoms with Crippen LogP contribution in [-0.4, -0.2) is 66.3 Å². The van der Waals surface area contributed by atoms with Crippen LogP contribution in [0, 0.1) is 0 Å². The number of nitrogens with one attached hydrogen (secondary N) is 1. The van der Waals surface area contributed by atoms with Crippen molar-refractivity contribution in [3.8, 4) is 0 Å². The Morgan fingerprint density at radius 2 is 2.20 bits per heavy atom. The predicted octanol–water partition coefficient (Wildman–Crippen LogP) is 0.510. The third-order valence-corrected chi connectivity index (χ3v) is 4.13. The monoisotopic (exact) mass is 279 g/mol. The summed E-state index contributed by atoms with van der Waals surface area (Å²) in [4.78, 5) is 4.71. The van der Waals surface area contributed by atoms with Crippen molar-refractivity contribution in [1.82, 2.24) is 15.1 Å². The van der Waals surface area contributed by atoms with Gasteiger partial charge in [-0.05, 0) is 25.0 Å². The fourth-order valence-corrected chi connectivity index (χ4v) is 2.91. The molecule has 0 aromatic carbocycles. The molecule has 1 atom stereocenters. The number of hydrogen-bond donors (Lipinski definition) is 2. The second-order valence-electron chi connectivity index (χ2n) is 5.94. The van der Waals surface area contributed by atoms with Gasteiger partial charge in [0, 0.05) is 45.3 Å². The van der Waals surface area contributed by atoms with E-state index in [0.29, 0.717) is 6.04 Å². The second-order valence-corrected chi connectivity index (χ2v) is 5.94. The quantitative estimate of drug-likeness (QED) is 0.762. The van der Waals surface area contributed by atoms with Crippen molar-refractivity contribution in [2.24, 2.45) is 0 Å². The number of aliphatic hydroxyl groups is 1. The summed E-state index contributed by atoms with van der Waals surface area (Å²) in [5.41, 5.74) is 0. The van der Waals surface area contributed by atoms with Crippen LogP contribution in [0.5, 0.6) is 0 Å².